The standard InChI is InChI=1S/C20H22BrN3O4S/c1-29(27,28)24(16-8-6-7-15(21)13-16)14-19(25)22-18-10-3-2-9-17(18)20(26)23-11-4-5-12-23/h2-3,6-10,13H,4-5,11-12,14H2,1H3,(H,22,25). The van der Waals surface area contributed by atoms with Crippen LogP contribution in [0.3, 0.4) is 0 Å². The highest BCUT2D eigenvalue weighted by Gasteiger charge is 2.24. The van der Waals surface area contributed by atoms with Crippen molar-refractivity contribution in [1.29, 1.82) is 0 Å². The van der Waals surface area contributed by atoms with E-state index >= 15 is 0 Å². The lowest BCUT2D eigenvalue weighted by atomic mass is 10.1. The fourth-order valence-electron chi connectivity index (χ4n) is 3.22. The summed E-state index contributed by atoms with van der Waals surface area (Å²) < 4.78 is 26.2. The van der Waals surface area contributed by atoms with Gasteiger partial charge in [0.1, 0.15) is 6.54 Å². The lowest BCUT2D eigenvalue weighted by Gasteiger charge is -2.23. The molecule has 2 aromatic carbocycles. The quantitative estimate of drug-likeness (QED) is 0.689. The first-order valence-electron chi connectivity index (χ1n) is 9.17. The molecule has 1 heterocycles. The van der Waals surface area contributed by atoms with Crippen LogP contribution in [0, 0.1) is 0 Å². The number of carbonyl (C=O) groups is 2. The molecule has 1 fully saturated rings. The van der Waals surface area contributed by atoms with Gasteiger partial charge in [-0.25, -0.2) is 8.42 Å². The molecule has 0 bridgehead atoms. The first kappa shape index (κ1) is 21.3. The van der Waals surface area contributed by atoms with Crippen LogP contribution >= 0.6 is 15.9 Å². The van der Waals surface area contributed by atoms with Crippen molar-refractivity contribution in [2.45, 2.75) is 12.8 Å². The van der Waals surface area contributed by atoms with Crippen molar-refractivity contribution in [2.75, 3.05) is 35.5 Å². The van der Waals surface area contributed by atoms with Gasteiger partial charge < -0.3 is 10.2 Å². The molecule has 154 valence electrons. The van der Waals surface area contributed by atoms with E-state index in [0.717, 1.165) is 23.4 Å². The number of nitrogens with one attached hydrogen (secondary N) is 1. The van der Waals surface area contributed by atoms with Gasteiger partial charge in [-0.1, -0.05) is 34.1 Å². The van der Waals surface area contributed by atoms with Crippen molar-refractivity contribution < 1.29 is 18.0 Å². The molecule has 9 heteroatoms. The summed E-state index contributed by atoms with van der Waals surface area (Å²) in [5.41, 5.74) is 1.15. The maximum absolute atomic E-state index is 12.8. The number of halogens is 1. The maximum Gasteiger partial charge on any atom is 0.255 e. The van der Waals surface area contributed by atoms with E-state index in [9.17, 15) is 18.0 Å². The number of nitrogens with zero attached hydrogens (tertiary/aromatic N) is 2. The minimum Gasteiger partial charge on any atom is -0.339 e. The predicted octanol–water partition coefficient (Wildman–Crippen LogP) is 3.09. The Morgan fingerprint density at radius 2 is 1.79 bits per heavy atom. The molecule has 0 atom stereocenters. The molecule has 1 aliphatic rings. The molecule has 2 aromatic rings. The molecule has 3 rings (SSSR count). The summed E-state index contributed by atoms with van der Waals surface area (Å²) in [4.78, 5) is 27.2. The van der Waals surface area contributed by atoms with Gasteiger partial charge in [0.15, 0.2) is 0 Å². The van der Waals surface area contributed by atoms with Gasteiger partial charge in [0.2, 0.25) is 15.9 Å². The topological polar surface area (TPSA) is 86.8 Å². The molecule has 1 saturated heterocycles. The average molecular weight is 480 g/mol. The Morgan fingerprint density at radius 1 is 1.10 bits per heavy atom. The van der Waals surface area contributed by atoms with Crippen LogP contribution in [-0.4, -0.2) is 51.0 Å². The summed E-state index contributed by atoms with van der Waals surface area (Å²) in [6.45, 7) is 0.999. The number of rotatable bonds is 6. The molecular weight excluding hydrogens is 458 g/mol. The number of hydrogen-bond donors (Lipinski definition) is 1. The third-order valence-corrected chi connectivity index (χ3v) is 6.24. The first-order valence-corrected chi connectivity index (χ1v) is 11.8. The Hall–Kier alpha value is -2.39. The molecule has 1 aliphatic heterocycles. The second-order valence-electron chi connectivity index (χ2n) is 6.84. The summed E-state index contributed by atoms with van der Waals surface area (Å²) >= 11 is 3.31. The summed E-state index contributed by atoms with van der Waals surface area (Å²) in [5, 5.41) is 2.70. The van der Waals surface area contributed by atoms with Crippen LogP contribution in [0.4, 0.5) is 11.4 Å². The number of carbonyl (C=O) groups excluding carboxylic acids is 2. The Bertz CT molecular complexity index is 1020. The van der Waals surface area contributed by atoms with E-state index in [-0.39, 0.29) is 5.91 Å². The Balaban J connectivity index is 1.80. The van der Waals surface area contributed by atoms with E-state index in [0.29, 0.717) is 34.5 Å². The Kier molecular flexibility index (Phi) is 6.59. The summed E-state index contributed by atoms with van der Waals surface area (Å²) in [6, 6.07) is 13.5. The van der Waals surface area contributed by atoms with Gasteiger partial charge in [-0.2, -0.15) is 0 Å². The lowest BCUT2D eigenvalue weighted by Crippen LogP contribution is -2.38. The highest BCUT2D eigenvalue weighted by Crippen LogP contribution is 2.23. The normalized spacial score (nSPS) is 13.9. The SMILES string of the molecule is CS(=O)(=O)N(CC(=O)Nc1ccccc1C(=O)N1CCCC1)c1cccc(Br)c1. The number of hydrogen-bond acceptors (Lipinski definition) is 4. The molecule has 0 spiro atoms. The van der Waals surface area contributed by atoms with Crippen molar-refractivity contribution in [1.82, 2.24) is 4.90 Å². The second kappa shape index (κ2) is 8.96. The zero-order valence-electron chi connectivity index (χ0n) is 16.0. The molecule has 0 aromatic heterocycles. The van der Waals surface area contributed by atoms with Crippen molar-refractivity contribution in [3.05, 3.63) is 58.6 Å². The van der Waals surface area contributed by atoms with Crippen LogP contribution in [0.25, 0.3) is 0 Å². The zero-order valence-corrected chi connectivity index (χ0v) is 18.4. The highest BCUT2D eigenvalue weighted by molar-refractivity contribution is 9.10. The number of amides is 2. The minimum atomic E-state index is -3.69. The Morgan fingerprint density at radius 3 is 2.45 bits per heavy atom. The third kappa shape index (κ3) is 5.36. The van der Waals surface area contributed by atoms with Crippen molar-refractivity contribution >= 4 is 49.1 Å². The van der Waals surface area contributed by atoms with Crippen LogP contribution < -0.4 is 9.62 Å². The van der Waals surface area contributed by atoms with E-state index in [2.05, 4.69) is 21.2 Å². The van der Waals surface area contributed by atoms with Crippen LogP contribution in [-0.2, 0) is 14.8 Å². The van der Waals surface area contributed by atoms with Gasteiger partial charge in [-0.3, -0.25) is 13.9 Å². The van der Waals surface area contributed by atoms with Gasteiger partial charge >= 0.3 is 0 Å². The smallest absolute Gasteiger partial charge is 0.255 e. The van der Waals surface area contributed by atoms with Crippen LogP contribution in [0.15, 0.2) is 53.0 Å². The van der Waals surface area contributed by atoms with Gasteiger partial charge in [0.25, 0.3) is 5.91 Å². The fourth-order valence-corrected chi connectivity index (χ4v) is 4.46. The molecule has 0 aliphatic carbocycles. The van der Waals surface area contributed by atoms with Gasteiger partial charge in [-0.15, -0.1) is 0 Å². The van der Waals surface area contributed by atoms with Crippen LogP contribution in [0.5, 0.6) is 0 Å². The molecule has 2 amide bonds. The molecule has 1 N–H and O–H groups in total. The van der Waals surface area contributed by atoms with Gasteiger partial charge in [0, 0.05) is 17.6 Å². The monoisotopic (exact) mass is 479 g/mol. The van der Waals surface area contributed by atoms with E-state index < -0.39 is 22.5 Å². The predicted molar refractivity (Wildman–Crippen MR) is 117 cm³/mol. The van der Waals surface area contributed by atoms with Crippen LogP contribution in [0.1, 0.15) is 23.2 Å². The van der Waals surface area contributed by atoms with Crippen molar-refractivity contribution in [2.24, 2.45) is 0 Å². The third-order valence-electron chi connectivity index (χ3n) is 4.61. The van der Waals surface area contributed by atoms with E-state index in [1.54, 1.807) is 53.4 Å². The Labute approximate surface area is 178 Å². The largest absolute Gasteiger partial charge is 0.339 e. The average Bonchev–Trinajstić information content (AvgIpc) is 3.20. The first-order chi connectivity index (χ1) is 13.8. The second-order valence-corrected chi connectivity index (χ2v) is 9.67. The summed E-state index contributed by atoms with van der Waals surface area (Å²) in [7, 11) is -3.69. The van der Waals surface area contributed by atoms with Gasteiger partial charge in [-0.05, 0) is 43.2 Å². The number of benzene rings is 2. The molecule has 0 saturated carbocycles. The van der Waals surface area contributed by atoms with E-state index in [1.165, 1.54) is 0 Å². The fraction of sp³-hybridized carbons (Fsp3) is 0.300. The highest BCUT2D eigenvalue weighted by atomic mass is 79.9. The molecule has 29 heavy (non-hydrogen) atoms. The number of anilines is 2. The van der Waals surface area contributed by atoms with Crippen molar-refractivity contribution in [3.8, 4) is 0 Å². The summed E-state index contributed by atoms with van der Waals surface area (Å²) in [5.74, 6) is -0.664. The number of sulfonamides is 1. The van der Waals surface area contributed by atoms with E-state index in [4.69, 9.17) is 0 Å². The molecule has 0 unspecified atom stereocenters. The van der Waals surface area contributed by atoms with Crippen molar-refractivity contribution in [3.63, 3.8) is 0 Å². The number of likely N-dealkylation sites (tertiary alicyclic amines) is 1. The molecule has 7 nitrogen and oxygen atoms in total. The van der Waals surface area contributed by atoms with E-state index in [1.807, 2.05) is 0 Å². The van der Waals surface area contributed by atoms with Crippen LogP contribution in [0.2, 0.25) is 0 Å². The van der Waals surface area contributed by atoms with Gasteiger partial charge in [0.05, 0.1) is 23.2 Å². The number of para-hydroxylation sites is 1. The maximum atomic E-state index is 12.8. The lowest BCUT2D eigenvalue weighted by molar-refractivity contribution is -0.114. The minimum absolute atomic E-state index is 0.134. The molecule has 0 radical (unpaired) electrons. The molecular formula is C20H22BrN3O4S. The zero-order chi connectivity index (χ0) is 21.0. The summed E-state index contributed by atoms with van der Waals surface area (Å²) in [6.07, 6.45) is 2.98.